The highest BCUT2D eigenvalue weighted by Gasteiger charge is 2.14. The molecule has 1 aromatic carbocycles. The SMILES string of the molecule is Cc1cnc2ccc(CC3CCCN3)cc2c1. The van der Waals surface area contributed by atoms with Crippen molar-refractivity contribution in [2.75, 3.05) is 6.54 Å². The van der Waals surface area contributed by atoms with Crippen LogP contribution in [0.1, 0.15) is 24.0 Å². The van der Waals surface area contributed by atoms with Crippen molar-refractivity contribution in [3.05, 3.63) is 41.6 Å². The lowest BCUT2D eigenvalue weighted by atomic mass is 10.0. The third kappa shape index (κ3) is 2.32. The molecular weight excluding hydrogens is 208 g/mol. The molecule has 1 aliphatic rings. The lowest BCUT2D eigenvalue weighted by Crippen LogP contribution is -2.23. The molecule has 2 heteroatoms. The summed E-state index contributed by atoms with van der Waals surface area (Å²) in [7, 11) is 0. The number of pyridine rings is 1. The molecule has 2 nitrogen and oxygen atoms in total. The second-order valence-electron chi connectivity index (χ2n) is 5.04. The van der Waals surface area contributed by atoms with Gasteiger partial charge in [0, 0.05) is 17.6 Å². The van der Waals surface area contributed by atoms with Crippen molar-refractivity contribution < 1.29 is 0 Å². The second kappa shape index (κ2) is 4.46. The molecule has 1 fully saturated rings. The van der Waals surface area contributed by atoms with Gasteiger partial charge in [-0.15, -0.1) is 0 Å². The minimum atomic E-state index is 0.671. The van der Waals surface area contributed by atoms with Crippen LogP contribution in [0.4, 0.5) is 0 Å². The van der Waals surface area contributed by atoms with Gasteiger partial charge in [-0.25, -0.2) is 0 Å². The zero-order valence-electron chi connectivity index (χ0n) is 10.2. The monoisotopic (exact) mass is 226 g/mol. The van der Waals surface area contributed by atoms with Crippen LogP contribution in [0.25, 0.3) is 10.9 Å². The second-order valence-corrected chi connectivity index (χ2v) is 5.04. The van der Waals surface area contributed by atoms with Crippen molar-refractivity contribution in [2.24, 2.45) is 0 Å². The number of benzene rings is 1. The van der Waals surface area contributed by atoms with Gasteiger partial charge in [0.2, 0.25) is 0 Å². The number of rotatable bonds is 2. The van der Waals surface area contributed by atoms with E-state index in [2.05, 4.69) is 41.5 Å². The normalized spacial score (nSPS) is 19.9. The van der Waals surface area contributed by atoms with Crippen molar-refractivity contribution in [3.8, 4) is 0 Å². The van der Waals surface area contributed by atoms with E-state index < -0.39 is 0 Å². The van der Waals surface area contributed by atoms with E-state index in [0.717, 1.165) is 11.9 Å². The van der Waals surface area contributed by atoms with E-state index in [4.69, 9.17) is 0 Å². The first-order chi connectivity index (χ1) is 8.31. The number of aryl methyl sites for hydroxylation is 1. The van der Waals surface area contributed by atoms with Crippen LogP contribution in [0.3, 0.4) is 0 Å². The lowest BCUT2D eigenvalue weighted by molar-refractivity contribution is 0.603. The molecule has 17 heavy (non-hydrogen) atoms. The first-order valence-electron chi connectivity index (χ1n) is 6.40. The third-order valence-electron chi connectivity index (χ3n) is 3.53. The summed E-state index contributed by atoms with van der Waals surface area (Å²) in [4.78, 5) is 4.44. The Labute approximate surface area is 102 Å². The number of nitrogens with zero attached hydrogens (tertiary/aromatic N) is 1. The fourth-order valence-corrected chi connectivity index (χ4v) is 2.63. The van der Waals surface area contributed by atoms with Crippen LogP contribution in [-0.4, -0.2) is 17.6 Å². The van der Waals surface area contributed by atoms with Gasteiger partial charge in [-0.05, 0) is 62.1 Å². The minimum absolute atomic E-state index is 0.671. The van der Waals surface area contributed by atoms with Crippen LogP contribution in [0.15, 0.2) is 30.5 Å². The summed E-state index contributed by atoms with van der Waals surface area (Å²) in [6.07, 6.45) is 5.70. The van der Waals surface area contributed by atoms with Crippen molar-refractivity contribution in [2.45, 2.75) is 32.2 Å². The van der Waals surface area contributed by atoms with Gasteiger partial charge in [0.15, 0.2) is 0 Å². The molecule has 0 amide bonds. The predicted octanol–water partition coefficient (Wildman–Crippen LogP) is 2.84. The number of hydrogen-bond acceptors (Lipinski definition) is 2. The lowest BCUT2D eigenvalue weighted by Gasteiger charge is -2.10. The van der Waals surface area contributed by atoms with E-state index in [1.54, 1.807) is 0 Å². The standard InChI is InChI=1S/C15H18N2/c1-11-7-13-8-12(4-5-15(13)17-10-11)9-14-3-2-6-16-14/h4-5,7-8,10,14,16H,2-3,6,9H2,1H3. The van der Waals surface area contributed by atoms with Crippen molar-refractivity contribution in [1.29, 1.82) is 0 Å². The summed E-state index contributed by atoms with van der Waals surface area (Å²) in [6, 6.07) is 9.53. The molecule has 1 atom stereocenters. The fourth-order valence-electron chi connectivity index (χ4n) is 2.63. The molecule has 1 N–H and O–H groups in total. The van der Waals surface area contributed by atoms with Gasteiger partial charge in [0.25, 0.3) is 0 Å². The molecule has 2 heterocycles. The van der Waals surface area contributed by atoms with Crippen LogP contribution in [0.2, 0.25) is 0 Å². The molecule has 1 aromatic heterocycles. The maximum atomic E-state index is 4.44. The number of aromatic nitrogens is 1. The Kier molecular flexibility index (Phi) is 2.81. The van der Waals surface area contributed by atoms with Gasteiger partial charge in [-0.3, -0.25) is 4.98 Å². The Morgan fingerprint density at radius 3 is 3.12 bits per heavy atom. The molecule has 88 valence electrons. The molecule has 1 unspecified atom stereocenters. The van der Waals surface area contributed by atoms with E-state index in [9.17, 15) is 0 Å². The van der Waals surface area contributed by atoms with Gasteiger partial charge in [-0.2, -0.15) is 0 Å². The quantitative estimate of drug-likeness (QED) is 0.851. The summed E-state index contributed by atoms with van der Waals surface area (Å²) in [6.45, 7) is 3.27. The Bertz CT molecular complexity index is 527. The van der Waals surface area contributed by atoms with Crippen molar-refractivity contribution in [1.82, 2.24) is 10.3 Å². The zero-order chi connectivity index (χ0) is 11.7. The molecule has 0 saturated carbocycles. The minimum Gasteiger partial charge on any atom is -0.314 e. The van der Waals surface area contributed by atoms with E-state index in [1.165, 1.54) is 35.9 Å². The molecule has 0 bridgehead atoms. The maximum absolute atomic E-state index is 4.44. The smallest absolute Gasteiger partial charge is 0.0702 e. The maximum Gasteiger partial charge on any atom is 0.0702 e. The Hall–Kier alpha value is -1.41. The molecule has 1 aliphatic heterocycles. The van der Waals surface area contributed by atoms with Crippen LogP contribution in [0.5, 0.6) is 0 Å². The number of fused-ring (bicyclic) bond motifs is 1. The van der Waals surface area contributed by atoms with Crippen LogP contribution < -0.4 is 5.32 Å². The van der Waals surface area contributed by atoms with Gasteiger partial charge in [0.05, 0.1) is 5.52 Å². The van der Waals surface area contributed by atoms with Crippen molar-refractivity contribution >= 4 is 10.9 Å². The highest BCUT2D eigenvalue weighted by molar-refractivity contribution is 5.79. The topological polar surface area (TPSA) is 24.9 Å². The average Bonchev–Trinajstić information content (AvgIpc) is 2.81. The Balaban J connectivity index is 1.89. The predicted molar refractivity (Wildman–Crippen MR) is 71.2 cm³/mol. The van der Waals surface area contributed by atoms with Gasteiger partial charge < -0.3 is 5.32 Å². The van der Waals surface area contributed by atoms with E-state index >= 15 is 0 Å². The van der Waals surface area contributed by atoms with E-state index in [1.807, 2.05) is 6.20 Å². The van der Waals surface area contributed by atoms with Crippen LogP contribution >= 0.6 is 0 Å². The van der Waals surface area contributed by atoms with Crippen LogP contribution in [-0.2, 0) is 6.42 Å². The molecule has 0 radical (unpaired) electrons. The van der Waals surface area contributed by atoms with Gasteiger partial charge in [0.1, 0.15) is 0 Å². The highest BCUT2D eigenvalue weighted by Crippen LogP contribution is 2.18. The van der Waals surface area contributed by atoms with Gasteiger partial charge >= 0.3 is 0 Å². The van der Waals surface area contributed by atoms with E-state index in [-0.39, 0.29) is 0 Å². The molecule has 2 aromatic rings. The fraction of sp³-hybridized carbons (Fsp3) is 0.400. The highest BCUT2D eigenvalue weighted by atomic mass is 14.9. The Morgan fingerprint density at radius 1 is 1.35 bits per heavy atom. The summed E-state index contributed by atoms with van der Waals surface area (Å²) in [5.74, 6) is 0. The number of nitrogens with one attached hydrogen (secondary N) is 1. The summed E-state index contributed by atoms with van der Waals surface area (Å²) in [5, 5.41) is 4.81. The summed E-state index contributed by atoms with van der Waals surface area (Å²) >= 11 is 0. The molecule has 0 aliphatic carbocycles. The summed E-state index contributed by atoms with van der Waals surface area (Å²) < 4.78 is 0. The molecule has 1 saturated heterocycles. The molecule has 0 spiro atoms. The molecule has 3 rings (SSSR count). The first kappa shape index (κ1) is 10.7. The Morgan fingerprint density at radius 2 is 2.29 bits per heavy atom. The van der Waals surface area contributed by atoms with E-state index in [0.29, 0.717) is 6.04 Å². The number of hydrogen-bond donors (Lipinski definition) is 1. The van der Waals surface area contributed by atoms with Gasteiger partial charge in [-0.1, -0.05) is 6.07 Å². The largest absolute Gasteiger partial charge is 0.314 e. The van der Waals surface area contributed by atoms with Crippen molar-refractivity contribution in [3.63, 3.8) is 0 Å². The first-order valence-corrected chi connectivity index (χ1v) is 6.40. The average molecular weight is 226 g/mol. The zero-order valence-corrected chi connectivity index (χ0v) is 10.2. The summed E-state index contributed by atoms with van der Waals surface area (Å²) in [5.41, 5.74) is 3.75. The third-order valence-corrected chi connectivity index (χ3v) is 3.53. The van der Waals surface area contributed by atoms with Crippen LogP contribution in [0, 0.1) is 6.92 Å². The molecular formula is C15H18N2.